The third-order valence-electron chi connectivity index (χ3n) is 4.54. The van der Waals surface area contributed by atoms with Crippen LogP contribution in [0.15, 0.2) is 47.1 Å². The minimum Gasteiger partial charge on any atom is -0.469 e. The molecule has 1 aliphatic rings. The number of ether oxygens (including phenoxy) is 1. The predicted molar refractivity (Wildman–Crippen MR) is 96.4 cm³/mol. The largest absolute Gasteiger partial charge is 0.469 e. The Hall–Kier alpha value is -2.11. The van der Waals surface area contributed by atoms with Crippen molar-refractivity contribution in [3.8, 4) is 0 Å². The summed E-state index contributed by atoms with van der Waals surface area (Å²) in [5.41, 5.74) is 2.36. The maximum atomic E-state index is 12.4. The number of aryl methyl sites for hydroxylation is 2. The molecule has 0 bridgehead atoms. The average molecular weight is 342 g/mol. The van der Waals surface area contributed by atoms with Gasteiger partial charge in [-0.1, -0.05) is 29.8 Å². The van der Waals surface area contributed by atoms with E-state index in [-0.39, 0.29) is 11.9 Å². The van der Waals surface area contributed by atoms with Crippen LogP contribution in [0.4, 0.5) is 0 Å². The molecule has 134 valence electrons. The zero-order valence-corrected chi connectivity index (χ0v) is 14.7. The Morgan fingerprint density at radius 2 is 1.96 bits per heavy atom. The number of hydrogen-bond donors (Lipinski definition) is 1. The lowest BCUT2D eigenvalue weighted by Gasteiger charge is -2.31. The number of amides is 1. The van der Waals surface area contributed by atoms with Crippen LogP contribution in [0.3, 0.4) is 0 Å². The van der Waals surface area contributed by atoms with E-state index in [0.29, 0.717) is 12.8 Å². The number of furan rings is 1. The van der Waals surface area contributed by atoms with Crippen molar-refractivity contribution in [2.45, 2.75) is 25.8 Å². The van der Waals surface area contributed by atoms with E-state index >= 15 is 0 Å². The second-order valence-electron chi connectivity index (χ2n) is 6.52. The Morgan fingerprint density at radius 3 is 2.64 bits per heavy atom. The van der Waals surface area contributed by atoms with Crippen LogP contribution in [0.25, 0.3) is 0 Å². The Balaban J connectivity index is 1.62. The third kappa shape index (κ3) is 5.44. The lowest BCUT2D eigenvalue weighted by Crippen LogP contribution is -2.43. The average Bonchev–Trinajstić information content (AvgIpc) is 3.15. The van der Waals surface area contributed by atoms with Crippen LogP contribution in [0, 0.1) is 6.92 Å². The molecule has 1 aromatic heterocycles. The highest BCUT2D eigenvalue weighted by Crippen LogP contribution is 2.17. The minimum absolute atomic E-state index is 0.0113. The standard InChI is InChI=1S/C20H26N2O3/c1-16-4-6-17(7-5-16)19(15-22-10-13-24-14-11-22)21-20(23)9-8-18-3-2-12-25-18/h2-7,12,19H,8-11,13-15H2,1H3,(H,21,23). The number of hydrogen-bond acceptors (Lipinski definition) is 4. The van der Waals surface area contributed by atoms with Crippen molar-refractivity contribution in [2.75, 3.05) is 32.8 Å². The molecule has 0 spiro atoms. The number of rotatable bonds is 7. The van der Waals surface area contributed by atoms with Crippen molar-refractivity contribution in [3.63, 3.8) is 0 Å². The SMILES string of the molecule is Cc1ccc(C(CN2CCOCC2)NC(=O)CCc2ccco2)cc1. The van der Waals surface area contributed by atoms with Crippen LogP contribution >= 0.6 is 0 Å². The summed E-state index contributed by atoms with van der Waals surface area (Å²) in [5, 5.41) is 3.20. The van der Waals surface area contributed by atoms with E-state index in [1.807, 2.05) is 12.1 Å². The summed E-state index contributed by atoms with van der Waals surface area (Å²) >= 11 is 0. The van der Waals surface area contributed by atoms with Gasteiger partial charge >= 0.3 is 0 Å². The first kappa shape index (κ1) is 17.7. The van der Waals surface area contributed by atoms with Crippen LogP contribution in [0.1, 0.15) is 29.3 Å². The number of nitrogens with one attached hydrogen (secondary N) is 1. The number of benzene rings is 1. The number of carbonyl (C=O) groups excluding carboxylic acids is 1. The van der Waals surface area contributed by atoms with Crippen molar-refractivity contribution >= 4 is 5.91 Å². The van der Waals surface area contributed by atoms with Gasteiger partial charge in [-0.05, 0) is 24.6 Å². The van der Waals surface area contributed by atoms with Gasteiger partial charge in [0.1, 0.15) is 5.76 Å². The maximum Gasteiger partial charge on any atom is 0.220 e. The number of morpholine rings is 1. The monoisotopic (exact) mass is 342 g/mol. The van der Waals surface area contributed by atoms with Gasteiger partial charge in [0.05, 0.1) is 25.5 Å². The topological polar surface area (TPSA) is 54.7 Å². The summed E-state index contributed by atoms with van der Waals surface area (Å²) in [6.07, 6.45) is 2.69. The first-order valence-corrected chi connectivity index (χ1v) is 8.89. The van der Waals surface area contributed by atoms with Gasteiger partial charge in [-0.25, -0.2) is 0 Å². The molecule has 5 nitrogen and oxygen atoms in total. The molecule has 0 radical (unpaired) electrons. The summed E-state index contributed by atoms with van der Waals surface area (Å²) < 4.78 is 10.7. The molecule has 1 N–H and O–H groups in total. The van der Waals surface area contributed by atoms with E-state index in [0.717, 1.165) is 44.2 Å². The predicted octanol–water partition coefficient (Wildman–Crippen LogP) is 2.71. The molecule has 25 heavy (non-hydrogen) atoms. The molecular formula is C20H26N2O3. The Kier molecular flexibility index (Phi) is 6.25. The number of nitrogens with zero attached hydrogens (tertiary/aromatic N) is 1. The van der Waals surface area contributed by atoms with Crippen molar-refractivity contribution in [1.82, 2.24) is 10.2 Å². The fraction of sp³-hybridized carbons (Fsp3) is 0.450. The van der Waals surface area contributed by atoms with Gasteiger partial charge in [0.2, 0.25) is 5.91 Å². The molecule has 2 aromatic rings. The van der Waals surface area contributed by atoms with E-state index in [9.17, 15) is 4.79 Å². The molecule has 3 rings (SSSR count). The van der Waals surface area contributed by atoms with E-state index in [1.54, 1.807) is 6.26 Å². The summed E-state index contributed by atoms with van der Waals surface area (Å²) in [5.74, 6) is 0.894. The van der Waals surface area contributed by atoms with Crippen LogP contribution in [-0.2, 0) is 16.0 Å². The lowest BCUT2D eigenvalue weighted by atomic mass is 10.0. The third-order valence-corrected chi connectivity index (χ3v) is 4.54. The molecule has 0 aliphatic carbocycles. The van der Waals surface area contributed by atoms with Gasteiger partial charge in [-0.2, -0.15) is 0 Å². The van der Waals surface area contributed by atoms with Crippen LogP contribution in [-0.4, -0.2) is 43.7 Å². The summed E-state index contributed by atoms with van der Waals surface area (Å²) in [4.78, 5) is 14.8. The molecule has 2 heterocycles. The van der Waals surface area contributed by atoms with Gasteiger partial charge in [0, 0.05) is 32.5 Å². The fourth-order valence-corrected chi connectivity index (χ4v) is 3.03. The van der Waals surface area contributed by atoms with Crippen molar-refractivity contribution < 1.29 is 13.9 Å². The lowest BCUT2D eigenvalue weighted by molar-refractivity contribution is -0.122. The van der Waals surface area contributed by atoms with Crippen molar-refractivity contribution in [2.24, 2.45) is 0 Å². The fourth-order valence-electron chi connectivity index (χ4n) is 3.03. The molecule has 1 atom stereocenters. The Labute approximate surface area is 149 Å². The van der Waals surface area contributed by atoms with Crippen molar-refractivity contribution in [1.29, 1.82) is 0 Å². The first-order chi connectivity index (χ1) is 12.2. The molecule has 0 saturated carbocycles. The normalized spacial score (nSPS) is 16.5. The minimum atomic E-state index is -0.0113. The quantitative estimate of drug-likeness (QED) is 0.841. The highest BCUT2D eigenvalue weighted by molar-refractivity contribution is 5.76. The van der Waals surface area contributed by atoms with Gasteiger partial charge in [-0.15, -0.1) is 0 Å². The van der Waals surface area contributed by atoms with E-state index in [2.05, 4.69) is 41.4 Å². The van der Waals surface area contributed by atoms with Crippen molar-refractivity contribution in [3.05, 3.63) is 59.5 Å². The molecule has 1 saturated heterocycles. The molecular weight excluding hydrogens is 316 g/mol. The molecule has 5 heteroatoms. The molecule has 1 unspecified atom stereocenters. The van der Waals surface area contributed by atoms with E-state index < -0.39 is 0 Å². The smallest absolute Gasteiger partial charge is 0.220 e. The van der Waals surface area contributed by atoms with E-state index in [4.69, 9.17) is 9.15 Å². The highest BCUT2D eigenvalue weighted by Gasteiger charge is 2.20. The zero-order chi connectivity index (χ0) is 17.5. The molecule has 1 amide bonds. The second kappa shape index (κ2) is 8.83. The van der Waals surface area contributed by atoms with Crippen LogP contribution in [0.5, 0.6) is 0 Å². The van der Waals surface area contributed by atoms with Gasteiger partial charge in [-0.3, -0.25) is 9.69 Å². The summed E-state index contributed by atoms with van der Waals surface area (Å²) in [6, 6.07) is 12.1. The first-order valence-electron chi connectivity index (χ1n) is 8.89. The maximum absolute atomic E-state index is 12.4. The van der Waals surface area contributed by atoms with Gasteiger partial charge in [0.25, 0.3) is 0 Å². The van der Waals surface area contributed by atoms with Crippen LogP contribution < -0.4 is 5.32 Å². The second-order valence-corrected chi connectivity index (χ2v) is 6.52. The highest BCUT2D eigenvalue weighted by atomic mass is 16.5. The van der Waals surface area contributed by atoms with Gasteiger partial charge < -0.3 is 14.5 Å². The molecule has 1 aliphatic heterocycles. The van der Waals surface area contributed by atoms with E-state index in [1.165, 1.54) is 5.56 Å². The summed E-state index contributed by atoms with van der Waals surface area (Å²) in [6.45, 7) is 6.21. The number of carbonyl (C=O) groups is 1. The summed E-state index contributed by atoms with van der Waals surface area (Å²) in [7, 11) is 0. The molecule has 1 aromatic carbocycles. The Bertz CT molecular complexity index is 646. The van der Waals surface area contributed by atoms with Crippen LogP contribution in [0.2, 0.25) is 0 Å². The zero-order valence-electron chi connectivity index (χ0n) is 14.7. The Morgan fingerprint density at radius 1 is 1.20 bits per heavy atom. The molecule has 1 fully saturated rings. The van der Waals surface area contributed by atoms with Gasteiger partial charge in [0.15, 0.2) is 0 Å².